The van der Waals surface area contributed by atoms with Gasteiger partial charge in [-0.1, -0.05) is 11.6 Å². The minimum Gasteiger partial charge on any atom is -0.478 e. The van der Waals surface area contributed by atoms with Crippen LogP contribution in [0.1, 0.15) is 10.4 Å². The zero-order chi connectivity index (χ0) is 14.8. The molecule has 0 amide bonds. The van der Waals surface area contributed by atoms with Crippen LogP contribution in [0.25, 0.3) is 0 Å². The Kier molecular flexibility index (Phi) is 4.46. The first-order chi connectivity index (χ1) is 8.65. The third-order valence-electron chi connectivity index (χ3n) is 2.16. The lowest BCUT2D eigenvalue weighted by Crippen LogP contribution is -2.35. The van der Waals surface area contributed by atoms with Gasteiger partial charge in [0.25, 0.3) is 0 Å². The molecule has 1 rings (SSSR count). The van der Waals surface area contributed by atoms with Gasteiger partial charge in [0, 0.05) is 5.69 Å². The van der Waals surface area contributed by atoms with Crippen molar-refractivity contribution in [1.82, 2.24) is 0 Å². The van der Waals surface area contributed by atoms with Crippen molar-refractivity contribution in [3.63, 3.8) is 0 Å². The average molecular weight is 301 g/mol. The van der Waals surface area contributed by atoms with Gasteiger partial charge in [0.05, 0.1) is 22.8 Å². The van der Waals surface area contributed by atoms with Gasteiger partial charge in [0.2, 0.25) is 0 Å². The molecule has 0 saturated heterocycles. The fourth-order valence-electron chi connectivity index (χ4n) is 1.26. The summed E-state index contributed by atoms with van der Waals surface area (Å²) in [6.07, 6.45) is -3.87. The van der Waals surface area contributed by atoms with Crippen molar-refractivity contribution in [3.05, 3.63) is 22.7 Å². The first kappa shape index (κ1) is 15.4. The molecule has 1 aromatic carbocycles. The molecule has 0 saturated carbocycles. The van der Waals surface area contributed by atoms with Gasteiger partial charge in [-0.25, -0.2) is 13.6 Å². The van der Waals surface area contributed by atoms with Crippen molar-refractivity contribution < 1.29 is 27.5 Å². The van der Waals surface area contributed by atoms with Crippen molar-refractivity contribution >= 4 is 28.9 Å². The topological polar surface area (TPSA) is 75.3 Å². The van der Waals surface area contributed by atoms with E-state index in [1.54, 1.807) is 0 Å². The van der Waals surface area contributed by atoms with Crippen molar-refractivity contribution in [3.8, 4) is 0 Å². The number of benzene rings is 1. The second kappa shape index (κ2) is 5.52. The molecule has 0 aliphatic heterocycles. The number of aromatic carboxylic acids is 1. The van der Waals surface area contributed by atoms with Gasteiger partial charge in [0.15, 0.2) is 0 Å². The van der Waals surface area contributed by atoms with Crippen LogP contribution in [-0.4, -0.2) is 30.0 Å². The van der Waals surface area contributed by atoms with Crippen LogP contribution in [-0.2, 0) is 0 Å². The highest BCUT2D eigenvalue weighted by molar-refractivity contribution is 6.34. The molecule has 0 spiro atoms. The smallest absolute Gasteiger partial charge is 0.337 e. The van der Waals surface area contributed by atoms with E-state index in [2.05, 4.69) is 0 Å². The summed E-state index contributed by atoms with van der Waals surface area (Å²) < 4.78 is 49.5. The highest BCUT2D eigenvalue weighted by Gasteiger charge is 2.40. The molecule has 19 heavy (non-hydrogen) atoms. The Morgan fingerprint density at radius 2 is 2.05 bits per heavy atom. The summed E-state index contributed by atoms with van der Waals surface area (Å²) in [5.74, 6) is -5.78. The number of hydrogen-bond acceptors (Lipinski definition) is 3. The summed E-state index contributed by atoms with van der Waals surface area (Å²) in [5, 5.41) is 10.5. The van der Waals surface area contributed by atoms with E-state index in [-0.39, 0.29) is 16.4 Å². The van der Waals surface area contributed by atoms with Crippen LogP contribution in [0.15, 0.2) is 12.1 Å². The zero-order valence-electron chi connectivity index (χ0n) is 9.26. The quantitative estimate of drug-likeness (QED) is 0.577. The summed E-state index contributed by atoms with van der Waals surface area (Å²) in [6.45, 7) is -1.45. The number of hydrogen-bond donors (Lipinski definition) is 3. The monoisotopic (exact) mass is 300 g/mol. The summed E-state index contributed by atoms with van der Waals surface area (Å²) in [5.41, 5.74) is 4.50. The van der Waals surface area contributed by atoms with Gasteiger partial charge in [-0.15, -0.1) is 0 Å². The number of anilines is 2. The molecular formula is C10H9ClF4N2O2. The predicted octanol–water partition coefficient (Wildman–Crippen LogP) is 2.93. The van der Waals surface area contributed by atoms with Crippen molar-refractivity contribution in [2.24, 2.45) is 0 Å². The van der Waals surface area contributed by atoms with E-state index in [4.69, 9.17) is 22.4 Å². The molecule has 9 heteroatoms. The SMILES string of the molecule is Nc1cc(Cl)c(NCC(F)(F)C(F)F)c(C(=O)O)c1. The van der Waals surface area contributed by atoms with E-state index >= 15 is 0 Å². The van der Waals surface area contributed by atoms with E-state index < -0.39 is 30.4 Å². The number of halogens is 5. The Morgan fingerprint density at radius 3 is 2.53 bits per heavy atom. The lowest BCUT2D eigenvalue weighted by molar-refractivity contribution is -0.117. The standard InChI is InChI=1S/C10H9ClF4N2O2/c11-6-2-4(16)1-5(8(18)19)7(6)17-3-10(14,15)9(12)13/h1-2,9,17H,3,16H2,(H,18,19). The third kappa shape index (κ3) is 3.63. The normalized spacial score (nSPS) is 11.7. The summed E-state index contributed by atoms with van der Waals surface area (Å²) in [4.78, 5) is 10.9. The highest BCUT2D eigenvalue weighted by Crippen LogP contribution is 2.31. The third-order valence-corrected chi connectivity index (χ3v) is 2.46. The maximum Gasteiger partial charge on any atom is 0.337 e. The number of carboxylic acids is 1. The Hall–Kier alpha value is -1.70. The first-order valence-corrected chi connectivity index (χ1v) is 5.25. The Balaban J connectivity index is 3.04. The van der Waals surface area contributed by atoms with E-state index in [0.717, 1.165) is 12.1 Å². The van der Waals surface area contributed by atoms with Crippen LogP contribution in [0, 0.1) is 0 Å². The van der Waals surface area contributed by atoms with Crippen LogP contribution in [0.5, 0.6) is 0 Å². The number of alkyl halides is 4. The molecule has 4 N–H and O–H groups in total. The van der Waals surface area contributed by atoms with Gasteiger partial charge in [0.1, 0.15) is 0 Å². The van der Waals surface area contributed by atoms with Gasteiger partial charge >= 0.3 is 18.3 Å². The fourth-order valence-corrected chi connectivity index (χ4v) is 1.55. The highest BCUT2D eigenvalue weighted by atomic mass is 35.5. The molecule has 0 atom stereocenters. The van der Waals surface area contributed by atoms with Gasteiger partial charge in [-0.2, -0.15) is 8.78 Å². The largest absolute Gasteiger partial charge is 0.478 e. The fraction of sp³-hybridized carbons (Fsp3) is 0.300. The van der Waals surface area contributed by atoms with Crippen molar-refractivity contribution in [1.29, 1.82) is 0 Å². The molecule has 0 bridgehead atoms. The van der Waals surface area contributed by atoms with Crippen LogP contribution < -0.4 is 11.1 Å². The molecule has 1 aromatic rings. The summed E-state index contributed by atoms with van der Waals surface area (Å²) >= 11 is 5.65. The van der Waals surface area contributed by atoms with Gasteiger partial charge < -0.3 is 16.2 Å². The molecule has 0 unspecified atom stereocenters. The minimum absolute atomic E-state index is 0.00793. The van der Waals surface area contributed by atoms with Crippen LogP contribution in [0.4, 0.5) is 28.9 Å². The molecule has 0 aromatic heterocycles. The van der Waals surface area contributed by atoms with Crippen LogP contribution in [0.2, 0.25) is 5.02 Å². The van der Waals surface area contributed by atoms with Crippen LogP contribution in [0.3, 0.4) is 0 Å². The van der Waals surface area contributed by atoms with Gasteiger partial charge in [-0.3, -0.25) is 0 Å². The predicted molar refractivity (Wildman–Crippen MR) is 62.3 cm³/mol. The van der Waals surface area contributed by atoms with Crippen molar-refractivity contribution in [2.75, 3.05) is 17.6 Å². The number of rotatable bonds is 5. The minimum atomic E-state index is -4.31. The molecule has 106 valence electrons. The molecule has 4 nitrogen and oxygen atoms in total. The lowest BCUT2D eigenvalue weighted by atomic mass is 10.1. The van der Waals surface area contributed by atoms with E-state index in [9.17, 15) is 22.4 Å². The number of nitrogens with one attached hydrogen (secondary N) is 1. The zero-order valence-corrected chi connectivity index (χ0v) is 10.0. The maximum absolute atomic E-state index is 12.7. The van der Waals surface area contributed by atoms with E-state index in [0.29, 0.717) is 0 Å². The lowest BCUT2D eigenvalue weighted by Gasteiger charge is -2.18. The first-order valence-electron chi connectivity index (χ1n) is 4.87. The maximum atomic E-state index is 12.7. The van der Waals surface area contributed by atoms with E-state index in [1.807, 2.05) is 5.32 Å². The van der Waals surface area contributed by atoms with Crippen molar-refractivity contribution in [2.45, 2.75) is 12.3 Å². The second-order valence-corrected chi connectivity index (χ2v) is 4.05. The number of nitrogen functional groups attached to an aromatic ring is 1. The number of nitrogens with two attached hydrogens (primary N) is 1. The molecular weight excluding hydrogens is 292 g/mol. The van der Waals surface area contributed by atoms with Gasteiger partial charge in [-0.05, 0) is 12.1 Å². The average Bonchev–Trinajstić information content (AvgIpc) is 2.26. The summed E-state index contributed by atoms with van der Waals surface area (Å²) in [7, 11) is 0. The molecule has 0 aliphatic carbocycles. The second-order valence-electron chi connectivity index (χ2n) is 3.65. The number of carboxylic acid groups (broad SMARTS) is 1. The molecule has 0 radical (unpaired) electrons. The van der Waals surface area contributed by atoms with E-state index in [1.165, 1.54) is 0 Å². The Morgan fingerprint density at radius 1 is 1.47 bits per heavy atom. The molecule has 0 fully saturated rings. The molecule has 0 heterocycles. The molecule has 0 aliphatic rings. The van der Waals surface area contributed by atoms with Crippen LogP contribution >= 0.6 is 11.6 Å². The number of carbonyl (C=O) groups is 1. The Labute approximate surface area is 110 Å². The summed E-state index contributed by atoms with van der Waals surface area (Å²) in [6, 6.07) is 2.11. The Bertz CT molecular complexity index is 497.